The van der Waals surface area contributed by atoms with Gasteiger partial charge >= 0.3 is 5.97 Å². The molecule has 0 aliphatic carbocycles. The molecular formula is C19H38N2O3. The molecule has 1 atom stereocenters. The Balaban J connectivity index is 3.57. The zero-order valence-electron chi connectivity index (χ0n) is 15.5. The minimum atomic E-state index is -0.955. The number of aliphatic carboxylic acids is 1. The number of nitrogens with two attached hydrogens (primary N) is 1. The van der Waals surface area contributed by atoms with Crippen LogP contribution in [0.15, 0.2) is 0 Å². The maximum Gasteiger partial charge on any atom is 0.326 e. The first kappa shape index (κ1) is 22.9. The average Bonchev–Trinajstić information content (AvgIpc) is 2.55. The largest absolute Gasteiger partial charge is 0.480 e. The van der Waals surface area contributed by atoms with Gasteiger partial charge in [-0.15, -0.1) is 0 Å². The summed E-state index contributed by atoms with van der Waals surface area (Å²) in [5, 5.41) is 11.7. The van der Waals surface area contributed by atoms with Gasteiger partial charge in [0.1, 0.15) is 6.04 Å². The Morgan fingerprint density at radius 3 is 1.92 bits per heavy atom. The quantitative estimate of drug-likeness (QED) is 0.348. The molecule has 0 saturated carbocycles. The van der Waals surface area contributed by atoms with Gasteiger partial charge in [0.05, 0.1) is 0 Å². The van der Waals surface area contributed by atoms with E-state index < -0.39 is 12.0 Å². The normalized spacial score (nSPS) is 12.1. The van der Waals surface area contributed by atoms with E-state index in [0.29, 0.717) is 19.4 Å². The lowest BCUT2D eigenvalue weighted by Crippen LogP contribution is -2.40. The van der Waals surface area contributed by atoms with E-state index in [0.717, 1.165) is 25.7 Å². The van der Waals surface area contributed by atoms with Crippen LogP contribution in [0.25, 0.3) is 0 Å². The first-order valence-electron chi connectivity index (χ1n) is 9.84. The van der Waals surface area contributed by atoms with Crippen molar-refractivity contribution >= 4 is 11.9 Å². The maximum absolute atomic E-state index is 11.8. The molecule has 0 aliphatic rings. The molecule has 24 heavy (non-hydrogen) atoms. The van der Waals surface area contributed by atoms with Gasteiger partial charge in [-0.25, -0.2) is 4.79 Å². The molecule has 1 amide bonds. The van der Waals surface area contributed by atoms with E-state index in [2.05, 4.69) is 12.2 Å². The molecule has 0 aromatic rings. The number of rotatable bonds is 17. The molecule has 0 saturated heterocycles. The molecule has 0 aromatic heterocycles. The molecule has 5 heteroatoms. The Kier molecular flexibility index (Phi) is 16.0. The molecule has 0 bridgehead atoms. The molecule has 0 aromatic carbocycles. The highest BCUT2D eigenvalue weighted by Crippen LogP contribution is 2.11. The van der Waals surface area contributed by atoms with Gasteiger partial charge in [0.25, 0.3) is 0 Å². The fourth-order valence-corrected chi connectivity index (χ4v) is 2.79. The molecule has 0 unspecified atom stereocenters. The third-order valence-corrected chi connectivity index (χ3v) is 4.34. The van der Waals surface area contributed by atoms with E-state index in [1.165, 1.54) is 51.4 Å². The van der Waals surface area contributed by atoms with Crippen molar-refractivity contribution in [2.24, 2.45) is 5.73 Å². The monoisotopic (exact) mass is 342 g/mol. The van der Waals surface area contributed by atoms with Crippen molar-refractivity contribution in [2.45, 2.75) is 103 Å². The van der Waals surface area contributed by atoms with Crippen molar-refractivity contribution in [3.05, 3.63) is 0 Å². The van der Waals surface area contributed by atoms with Gasteiger partial charge in [0.15, 0.2) is 0 Å². The van der Waals surface area contributed by atoms with Crippen LogP contribution in [0.2, 0.25) is 0 Å². The molecule has 5 nitrogen and oxygen atoms in total. The highest BCUT2D eigenvalue weighted by molar-refractivity contribution is 5.83. The van der Waals surface area contributed by atoms with E-state index >= 15 is 0 Å². The summed E-state index contributed by atoms with van der Waals surface area (Å²) in [5.41, 5.74) is 5.40. The number of hydrogen-bond acceptors (Lipinski definition) is 3. The minimum Gasteiger partial charge on any atom is -0.480 e. The zero-order valence-corrected chi connectivity index (χ0v) is 15.5. The molecule has 0 radical (unpaired) electrons. The van der Waals surface area contributed by atoms with Gasteiger partial charge in [-0.05, 0) is 32.2 Å². The van der Waals surface area contributed by atoms with E-state index in [4.69, 9.17) is 10.8 Å². The molecule has 0 rings (SSSR count). The van der Waals surface area contributed by atoms with E-state index in [1.54, 1.807) is 0 Å². The summed E-state index contributed by atoms with van der Waals surface area (Å²) in [6.07, 6.45) is 14.6. The van der Waals surface area contributed by atoms with Gasteiger partial charge in [-0.2, -0.15) is 0 Å². The molecule has 0 spiro atoms. The second-order valence-corrected chi connectivity index (χ2v) is 6.67. The summed E-state index contributed by atoms with van der Waals surface area (Å²) in [6, 6.07) is -0.771. The Labute approximate surface area is 147 Å². The number of carboxylic acid groups (broad SMARTS) is 1. The van der Waals surface area contributed by atoms with Crippen molar-refractivity contribution in [2.75, 3.05) is 6.54 Å². The molecule has 0 aliphatic heterocycles. The Hall–Kier alpha value is -1.10. The molecule has 0 heterocycles. The predicted molar refractivity (Wildman–Crippen MR) is 98.9 cm³/mol. The standard InChI is InChI=1S/C19H38N2O3/c1-2-3-4-5-6-7-8-9-10-11-15-18(22)21-17(19(23)24)14-12-13-16-20/h17H,2-16,20H2,1H3,(H,21,22)(H,23,24)/t17-/m0/s1. The Bertz CT molecular complexity index is 322. The van der Waals surface area contributed by atoms with Crippen molar-refractivity contribution in [1.29, 1.82) is 0 Å². The Morgan fingerprint density at radius 2 is 1.42 bits per heavy atom. The Morgan fingerprint density at radius 1 is 0.875 bits per heavy atom. The second kappa shape index (κ2) is 16.7. The summed E-state index contributed by atoms with van der Waals surface area (Å²) < 4.78 is 0. The van der Waals surface area contributed by atoms with Crippen LogP contribution in [0.4, 0.5) is 0 Å². The van der Waals surface area contributed by atoms with Crippen LogP contribution in [0.3, 0.4) is 0 Å². The number of carboxylic acids is 1. The number of amides is 1. The third kappa shape index (κ3) is 14.5. The minimum absolute atomic E-state index is 0.144. The maximum atomic E-state index is 11.8. The molecule has 0 fully saturated rings. The van der Waals surface area contributed by atoms with Crippen LogP contribution < -0.4 is 11.1 Å². The number of carbonyl (C=O) groups excluding carboxylic acids is 1. The lowest BCUT2D eigenvalue weighted by atomic mass is 10.1. The molecule has 4 N–H and O–H groups in total. The average molecular weight is 343 g/mol. The smallest absolute Gasteiger partial charge is 0.326 e. The van der Waals surface area contributed by atoms with Gasteiger partial charge < -0.3 is 16.2 Å². The van der Waals surface area contributed by atoms with Crippen LogP contribution in [0, 0.1) is 0 Å². The van der Waals surface area contributed by atoms with Crippen molar-refractivity contribution in [3.8, 4) is 0 Å². The van der Waals surface area contributed by atoms with Gasteiger partial charge in [0, 0.05) is 6.42 Å². The van der Waals surface area contributed by atoms with Crippen LogP contribution in [-0.2, 0) is 9.59 Å². The van der Waals surface area contributed by atoms with Crippen molar-refractivity contribution in [3.63, 3.8) is 0 Å². The summed E-state index contributed by atoms with van der Waals surface area (Å²) >= 11 is 0. The molecule has 142 valence electrons. The zero-order chi connectivity index (χ0) is 18.0. The summed E-state index contributed by atoms with van der Waals surface area (Å²) in [4.78, 5) is 23.0. The number of nitrogens with one attached hydrogen (secondary N) is 1. The first-order valence-corrected chi connectivity index (χ1v) is 9.84. The highest BCUT2D eigenvalue weighted by atomic mass is 16.4. The van der Waals surface area contributed by atoms with Crippen LogP contribution in [0.1, 0.15) is 96.8 Å². The van der Waals surface area contributed by atoms with Gasteiger partial charge in [0.2, 0.25) is 5.91 Å². The number of unbranched alkanes of at least 4 members (excludes halogenated alkanes) is 10. The number of hydrogen-bond donors (Lipinski definition) is 3. The predicted octanol–water partition coefficient (Wildman–Crippen LogP) is 4.00. The van der Waals surface area contributed by atoms with Crippen LogP contribution in [0.5, 0.6) is 0 Å². The topological polar surface area (TPSA) is 92.4 Å². The SMILES string of the molecule is CCCCCCCCCCCCC(=O)N[C@@H](CCCCN)C(=O)O. The summed E-state index contributed by atoms with van der Waals surface area (Å²) in [5.74, 6) is -1.10. The second-order valence-electron chi connectivity index (χ2n) is 6.67. The van der Waals surface area contributed by atoms with E-state index in [9.17, 15) is 9.59 Å². The summed E-state index contributed by atoms with van der Waals surface area (Å²) in [7, 11) is 0. The molecular weight excluding hydrogens is 304 g/mol. The lowest BCUT2D eigenvalue weighted by molar-refractivity contribution is -0.142. The van der Waals surface area contributed by atoms with Crippen molar-refractivity contribution < 1.29 is 14.7 Å². The van der Waals surface area contributed by atoms with E-state index in [-0.39, 0.29) is 5.91 Å². The fraction of sp³-hybridized carbons (Fsp3) is 0.895. The fourth-order valence-electron chi connectivity index (χ4n) is 2.79. The first-order chi connectivity index (χ1) is 11.6. The summed E-state index contributed by atoms with van der Waals surface area (Å²) in [6.45, 7) is 2.79. The van der Waals surface area contributed by atoms with Crippen LogP contribution in [-0.4, -0.2) is 29.6 Å². The number of carbonyl (C=O) groups is 2. The van der Waals surface area contributed by atoms with Crippen molar-refractivity contribution in [1.82, 2.24) is 5.32 Å². The lowest BCUT2D eigenvalue weighted by Gasteiger charge is -2.14. The van der Waals surface area contributed by atoms with E-state index in [1.807, 2.05) is 0 Å². The van der Waals surface area contributed by atoms with Gasteiger partial charge in [-0.3, -0.25) is 4.79 Å². The highest BCUT2D eigenvalue weighted by Gasteiger charge is 2.18. The van der Waals surface area contributed by atoms with Gasteiger partial charge in [-0.1, -0.05) is 64.7 Å². The third-order valence-electron chi connectivity index (χ3n) is 4.34. The van der Waals surface area contributed by atoms with Crippen LogP contribution >= 0.6 is 0 Å².